The number of anilines is 1. The van der Waals surface area contributed by atoms with Crippen molar-refractivity contribution in [3.8, 4) is 6.07 Å². The third-order valence-corrected chi connectivity index (χ3v) is 5.58. The molecular weight excluding hydrogens is 302 g/mol. The van der Waals surface area contributed by atoms with Crippen LogP contribution in [0.5, 0.6) is 0 Å². The van der Waals surface area contributed by atoms with E-state index in [1.807, 2.05) is 13.0 Å². The first-order valence-corrected chi connectivity index (χ1v) is 7.73. The van der Waals surface area contributed by atoms with Gasteiger partial charge < -0.3 is 10.0 Å². The zero-order valence-electron chi connectivity index (χ0n) is 12.6. The Kier molecular flexibility index (Phi) is 3.54. The average molecular weight is 320 g/mol. The molecule has 2 unspecified atom stereocenters. The number of halogens is 1. The lowest BCUT2D eigenvalue weighted by atomic mass is 9.94. The molecule has 1 saturated carbocycles. The number of nitrogens with zero attached hydrogens (tertiary/aromatic N) is 3. The largest absolute Gasteiger partial charge is 0.391 e. The van der Waals surface area contributed by atoms with Gasteiger partial charge in [-0.25, -0.2) is 4.79 Å². The van der Waals surface area contributed by atoms with Crippen LogP contribution in [0.4, 0.5) is 10.5 Å². The third kappa shape index (κ3) is 1.91. The molecule has 0 bridgehead atoms. The zero-order valence-corrected chi connectivity index (χ0v) is 13.4. The summed E-state index contributed by atoms with van der Waals surface area (Å²) in [7, 11) is 1.75. The molecule has 0 radical (unpaired) electrons. The highest BCUT2D eigenvalue weighted by atomic mass is 35.5. The maximum absolute atomic E-state index is 12.7. The number of likely N-dealkylation sites (N-methyl/N-ethyl adjacent to an activating group) is 1. The van der Waals surface area contributed by atoms with E-state index in [0.29, 0.717) is 28.4 Å². The Hall–Kier alpha value is -1.77. The Morgan fingerprint density at radius 3 is 2.82 bits per heavy atom. The second-order valence-corrected chi connectivity index (χ2v) is 6.50. The lowest BCUT2D eigenvalue weighted by molar-refractivity contribution is 0.0495. The molecule has 116 valence electrons. The summed E-state index contributed by atoms with van der Waals surface area (Å²) in [6.45, 7) is 2.26. The van der Waals surface area contributed by atoms with E-state index in [2.05, 4.69) is 0 Å². The molecule has 5 nitrogen and oxygen atoms in total. The highest BCUT2D eigenvalue weighted by molar-refractivity contribution is 6.33. The first-order chi connectivity index (χ1) is 10.4. The summed E-state index contributed by atoms with van der Waals surface area (Å²) in [5.74, 6) is 0. The summed E-state index contributed by atoms with van der Waals surface area (Å²) >= 11 is 6.22. The van der Waals surface area contributed by atoms with Gasteiger partial charge in [-0.15, -0.1) is 0 Å². The van der Waals surface area contributed by atoms with Gasteiger partial charge in [0.1, 0.15) is 6.07 Å². The van der Waals surface area contributed by atoms with Crippen LogP contribution >= 0.6 is 11.6 Å². The smallest absolute Gasteiger partial charge is 0.324 e. The van der Waals surface area contributed by atoms with Gasteiger partial charge in [-0.2, -0.15) is 5.26 Å². The van der Waals surface area contributed by atoms with Crippen LogP contribution in [0.1, 0.15) is 30.4 Å². The minimum atomic E-state index is -0.510. The van der Waals surface area contributed by atoms with Crippen molar-refractivity contribution >= 4 is 23.3 Å². The van der Waals surface area contributed by atoms with Gasteiger partial charge in [-0.3, -0.25) is 4.90 Å². The summed E-state index contributed by atoms with van der Waals surface area (Å²) in [5, 5.41) is 19.8. The van der Waals surface area contributed by atoms with Gasteiger partial charge in [0.15, 0.2) is 0 Å². The molecule has 1 aromatic carbocycles. The highest BCUT2D eigenvalue weighted by Crippen LogP contribution is 2.43. The third-order valence-electron chi connectivity index (χ3n) is 5.09. The van der Waals surface area contributed by atoms with Crippen LogP contribution in [0.3, 0.4) is 0 Å². The first kappa shape index (κ1) is 15.1. The molecule has 2 atom stereocenters. The van der Waals surface area contributed by atoms with Gasteiger partial charge in [0, 0.05) is 12.7 Å². The van der Waals surface area contributed by atoms with E-state index < -0.39 is 11.6 Å². The van der Waals surface area contributed by atoms with Crippen molar-refractivity contribution in [3.05, 3.63) is 28.3 Å². The van der Waals surface area contributed by atoms with E-state index in [-0.39, 0.29) is 6.03 Å². The van der Waals surface area contributed by atoms with E-state index in [4.69, 9.17) is 16.9 Å². The number of urea groups is 1. The number of rotatable bonds is 1. The summed E-state index contributed by atoms with van der Waals surface area (Å²) in [5.41, 5.74) is 1.31. The molecule has 6 heteroatoms. The number of benzene rings is 1. The van der Waals surface area contributed by atoms with Crippen molar-refractivity contribution in [2.45, 2.75) is 37.8 Å². The zero-order chi connectivity index (χ0) is 16.1. The van der Waals surface area contributed by atoms with Gasteiger partial charge >= 0.3 is 6.03 Å². The number of nitriles is 1. The number of carbonyl (C=O) groups is 1. The number of hydrogen-bond acceptors (Lipinski definition) is 3. The van der Waals surface area contributed by atoms with E-state index in [1.165, 1.54) is 0 Å². The number of aliphatic hydroxyl groups is 1. The molecule has 1 spiro atoms. The molecule has 3 rings (SSSR count). The van der Waals surface area contributed by atoms with Crippen LogP contribution in [-0.2, 0) is 0 Å². The van der Waals surface area contributed by atoms with Gasteiger partial charge in [0.05, 0.1) is 28.8 Å². The average Bonchev–Trinajstić information content (AvgIpc) is 2.99. The molecule has 22 heavy (non-hydrogen) atoms. The number of hydrogen-bond donors (Lipinski definition) is 1. The Labute approximate surface area is 134 Å². The van der Waals surface area contributed by atoms with E-state index in [1.54, 1.807) is 29.0 Å². The maximum Gasteiger partial charge on any atom is 0.324 e. The highest BCUT2D eigenvalue weighted by Gasteiger charge is 2.54. The van der Waals surface area contributed by atoms with Crippen LogP contribution in [0.15, 0.2) is 12.1 Å². The van der Waals surface area contributed by atoms with Crippen molar-refractivity contribution in [3.63, 3.8) is 0 Å². The van der Waals surface area contributed by atoms with Crippen LogP contribution in [0.2, 0.25) is 5.02 Å². The van der Waals surface area contributed by atoms with Crippen LogP contribution in [0, 0.1) is 18.3 Å². The quantitative estimate of drug-likeness (QED) is 0.865. The molecule has 2 aliphatic rings. The molecule has 1 N–H and O–H groups in total. The summed E-state index contributed by atoms with van der Waals surface area (Å²) < 4.78 is 0. The molecule has 1 heterocycles. The SMILES string of the molecule is Cc1c(N2CC3(CCCC3O)N(C)C2=O)ccc(C#N)c1Cl. The molecule has 0 aromatic heterocycles. The summed E-state index contributed by atoms with van der Waals surface area (Å²) in [6.07, 6.45) is 1.94. The lowest BCUT2D eigenvalue weighted by Crippen LogP contribution is -2.50. The molecule has 1 aromatic rings. The normalized spacial score (nSPS) is 27.8. The summed E-state index contributed by atoms with van der Waals surface area (Å²) in [6, 6.07) is 5.30. The standard InChI is InChI=1S/C16H18ClN3O2/c1-10-12(6-5-11(8-18)14(10)17)20-9-16(19(2)15(20)22)7-3-4-13(16)21/h5-6,13,21H,3-4,7,9H2,1-2H3. The fraction of sp³-hybridized carbons (Fsp3) is 0.500. The Bertz CT molecular complexity index is 685. The van der Waals surface area contributed by atoms with E-state index >= 15 is 0 Å². The Balaban J connectivity index is 2.02. The van der Waals surface area contributed by atoms with Gasteiger partial charge in [0.25, 0.3) is 0 Å². The van der Waals surface area contributed by atoms with Crippen molar-refractivity contribution in [1.29, 1.82) is 5.26 Å². The molecule has 1 aliphatic carbocycles. The topological polar surface area (TPSA) is 67.6 Å². The van der Waals surface area contributed by atoms with E-state index in [0.717, 1.165) is 19.3 Å². The first-order valence-electron chi connectivity index (χ1n) is 7.35. The molecule has 2 amide bonds. The second-order valence-electron chi connectivity index (χ2n) is 6.12. The predicted octanol–water partition coefficient (Wildman–Crippen LogP) is 2.68. The van der Waals surface area contributed by atoms with Crippen molar-refractivity contribution < 1.29 is 9.90 Å². The van der Waals surface area contributed by atoms with Crippen LogP contribution < -0.4 is 4.90 Å². The fourth-order valence-corrected chi connectivity index (χ4v) is 3.88. The molecule has 1 saturated heterocycles. The summed E-state index contributed by atoms with van der Waals surface area (Å²) in [4.78, 5) is 16.0. The van der Waals surface area contributed by atoms with Crippen LogP contribution in [0.25, 0.3) is 0 Å². The molecule has 2 fully saturated rings. The van der Waals surface area contributed by atoms with Gasteiger partial charge in [-0.1, -0.05) is 11.6 Å². The van der Waals surface area contributed by atoms with Crippen molar-refractivity contribution in [1.82, 2.24) is 4.90 Å². The fourth-order valence-electron chi connectivity index (χ4n) is 3.67. The number of carbonyl (C=O) groups excluding carboxylic acids is 1. The molecular formula is C16H18ClN3O2. The van der Waals surface area contributed by atoms with Gasteiger partial charge in [0.2, 0.25) is 0 Å². The minimum absolute atomic E-state index is 0.134. The number of aliphatic hydroxyl groups excluding tert-OH is 1. The van der Waals surface area contributed by atoms with Crippen molar-refractivity contribution in [2.24, 2.45) is 0 Å². The van der Waals surface area contributed by atoms with Crippen molar-refractivity contribution in [2.75, 3.05) is 18.5 Å². The second kappa shape index (κ2) is 5.15. The Morgan fingerprint density at radius 1 is 1.50 bits per heavy atom. The molecule has 1 aliphatic heterocycles. The predicted molar refractivity (Wildman–Crippen MR) is 84.0 cm³/mol. The maximum atomic E-state index is 12.7. The van der Waals surface area contributed by atoms with E-state index in [9.17, 15) is 9.90 Å². The minimum Gasteiger partial charge on any atom is -0.391 e. The van der Waals surface area contributed by atoms with Gasteiger partial charge in [-0.05, 0) is 43.9 Å². The monoisotopic (exact) mass is 319 g/mol. The van der Waals surface area contributed by atoms with Crippen LogP contribution in [-0.4, -0.2) is 41.3 Å². The lowest BCUT2D eigenvalue weighted by Gasteiger charge is -2.33. The Morgan fingerprint density at radius 2 is 2.23 bits per heavy atom. The number of amides is 2.